The lowest BCUT2D eigenvalue weighted by Gasteiger charge is -2.16. The van der Waals surface area contributed by atoms with E-state index >= 15 is 0 Å². The van der Waals surface area contributed by atoms with Crippen LogP contribution in [0, 0.1) is 17.0 Å². The molecule has 0 aromatic heterocycles. The molecule has 0 atom stereocenters. The third kappa shape index (κ3) is 2.40. The van der Waals surface area contributed by atoms with Crippen LogP contribution in [0.3, 0.4) is 0 Å². The lowest BCUT2D eigenvalue weighted by atomic mass is 9.95. The van der Waals surface area contributed by atoms with Crippen molar-refractivity contribution in [1.29, 1.82) is 0 Å². The van der Waals surface area contributed by atoms with Gasteiger partial charge in [-0.25, -0.2) is 8.78 Å². The zero-order valence-electron chi connectivity index (χ0n) is 9.52. The summed E-state index contributed by atoms with van der Waals surface area (Å²) >= 11 is 0. The van der Waals surface area contributed by atoms with Gasteiger partial charge in [0.05, 0.1) is 0 Å². The smallest absolute Gasteiger partial charge is 0.129 e. The van der Waals surface area contributed by atoms with Crippen LogP contribution >= 0.6 is 0 Å². The number of benzene rings is 1. The summed E-state index contributed by atoms with van der Waals surface area (Å²) in [7, 11) is 0. The van der Waals surface area contributed by atoms with Crippen LogP contribution in [0.25, 0.3) is 0 Å². The molecule has 0 bridgehead atoms. The van der Waals surface area contributed by atoms with Gasteiger partial charge >= 0.3 is 0 Å². The Morgan fingerprint density at radius 2 is 1.88 bits per heavy atom. The minimum atomic E-state index is -0.414. The molecule has 2 rings (SSSR count). The van der Waals surface area contributed by atoms with Gasteiger partial charge < -0.3 is 5.32 Å². The molecule has 3 heteroatoms. The predicted molar refractivity (Wildman–Crippen MR) is 60.3 cm³/mol. The molecule has 0 aliphatic heterocycles. The summed E-state index contributed by atoms with van der Waals surface area (Å²) in [5, 5.41) is 3.27. The molecule has 1 fully saturated rings. The summed E-state index contributed by atoms with van der Waals surface area (Å²) in [5.74, 6) is -0.828. The fourth-order valence-corrected chi connectivity index (χ4v) is 2.06. The van der Waals surface area contributed by atoms with Gasteiger partial charge in [0.15, 0.2) is 0 Å². The van der Waals surface area contributed by atoms with Gasteiger partial charge in [0, 0.05) is 12.1 Å². The molecule has 0 saturated heterocycles. The van der Waals surface area contributed by atoms with Crippen LogP contribution in [0.2, 0.25) is 0 Å². The Balaban J connectivity index is 2.09. The van der Waals surface area contributed by atoms with E-state index in [2.05, 4.69) is 5.32 Å². The molecule has 0 radical (unpaired) electrons. The van der Waals surface area contributed by atoms with Crippen molar-refractivity contribution in [1.82, 2.24) is 5.32 Å². The summed E-state index contributed by atoms with van der Waals surface area (Å²) in [5.41, 5.74) is 0.344. The van der Waals surface area contributed by atoms with Crippen LogP contribution < -0.4 is 5.32 Å². The topological polar surface area (TPSA) is 12.0 Å². The molecule has 16 heavy (non-hydrogen) atoms. The quantitative estimate of drug-likeness (QED) is 0.812. The Bertz CT molecular complexity index is 352. The largest absolute Gasteiger partial charge is 0.316 e. The number of nitrogens with one attached hydrogen (secondary N) is 1. The molecule has 0 spiro atoms. The van der Waals surface area contributed by atoms with Crippen LogP contribution in [0.4, 0.5) is 8.78 Å². The standard InChI is InChI=1S/C13H17F2N/c1-2-16-9-13(6-7-13)8-10-11(14)4-3-5-12(10)15/h3-5,16H,2,6-9H2,1H3. The Morgan fingerprint density at radius 3 is 2.38 bits per heavy atom. The first-order chi connectivity index (χ1) is 7.67. The summed E-state index contributed by atoms with van der Waals surface area (Å²) < 4.78 is 26.9. The second kappa shape index (κ2) is 4.50. The molecule has 0 unspecified atom stereocenters. The molecule has 0 heterocycles. The fourth-order valence-electron chi connectivity index (χ4n) is 2.06. The predicted octanol–water partition coefficient (Wildman–Crippen LogP) is 2.90. The minimum absolute atomic E-state index is 0.0963. The summed E-state index contributed by atoms with van der Waals surface area (Å²) in [6.07, 6.45) is 2.64. The third-order valence-corrected chi connectivity index (χ3v) is 3.32. The average molecular weight is 225 g/mol. The molecule has 1 aromatic rings. The zero-order valence-corrected chi connectivity index (χ0v) is 9.52. The van der Waals surface area contributed by atoms with E-state index in [1.54, 1.807) is 0 Å². The van der Waals surface area contributed by atoms with E-state index in [1.165, 1.54) is 18.2 Å². The molecule has 1 aromatic carbocycles. The highest BCUT2D eigenvalue weighted by Gasteiger charge is 2.42. The Hall–Kier alpha value is -0.960. The third-order valence-electron chi connectivity index (χ3n) is 3.32. The first-order valence-corrected chi connectivity index (χ1v) is 5.80. The fraction of sp³-hybridized carbons (Fsp3) is 0.538. The van der Waals surface area contributed by atoms with Crippen LogP contribution in [0.1, 0.15) is 25.3 Å². The highest BCUT2D eigenvalue weighted by atomic mass is 19.1. The Labute approximate surface area is 94.9 Å². The molecule has 0 amide bonds. The van der Waals surface area contributed by atoms with Gasteiger partial charge in [-0.1, -0.05) is 13.0 Å². The number of hydrogen-bond donors (Lipinski definition) is 1. The van der Waals surface area contributed by atoms with Gasteiger partial charge in [-0.3, -0.25) is 0 Å². The van der Waals surface area contributed by atoms with Gasteiger partial charge in [-0.05, 0) is 43.4 Å². The van der Waals surface area contributed by atoms with Gasteiger partial charge in [0.1, 0.15) is 11.6 Å². The first-order valence-electron chi connectivity index (χ1n) is 5.80. The molecular weight excluding hydrogens is 208 g/mol. The maximum absolute atomic E-state index is 13.5. The van der Waals surface area contributed by atoms with E-state index in [0.717, 1.165) is 25.9 Å². The summed E-state index contributed by atoms with van der Waals surface area (Å²) in [4.78, 5) is 0. The summed E-state index contributed by atoms with van der Waals surface area (Å²) in [6, 6.07) is 4.08. The van der Waals surface area contributed by atoms with Crippen molar-refractivity contribution >= 4 is 0 Å². The van der Waals surface area contributed by atoms with Crippen molar-refractivity contribution in [2.24, 2.45) is 5.41 Å². The number of rotatable bonds is 5. The molecule has 1 aliphatic carbocycles. The minimum Gasteiger partial charge on any atom is -0.316 e. The van der Waals surface area contributed by atoms with Gasteiger partial charge in [0.25, 0.3) is 0 Å². The van der Waals surface area contributed by atoms with E-state index in [4.69, 9.17) is 0 Å². The van der Waals surface area contributed by atoms with Crippen molar-refractivity contribution in [2.45, 2.75) is 26.2 Å². The van der Waals surface area contributed by atoms with E-state index in [1.807, 2.05) is 6.92 Å². The Kier molecular flexibility index (Phi) is 3.24. The normalized spacial score (nSPS) is 17.4. The maximum Gasteiger partial charge on any atom is 0.129 e. The van der Waals surface area contributed by atoms with E-state index in [9.17, 15) is 8.78 Å². The molecule has 88 valence electrons. The van der Waals surface area contributed by atoms with Gasteiger partial charge in [-0.15, -0.1) is 0 Å². The monoisotopic (exact) mass is 225 g/mol. The number of halogens is 2. The first kappa shape index (κ1) is 11.5. The van der Waals surface area contributed by atoms with E-state index in [-0.39, 0.29) is 11.0 Å². The van der Waals surface area contributed by atoms with Crippen LogP contribution in [0.5, 0.6) is 0 Å². The van der Waals surface area contributed by atoms with Crippen molar-refractivity contribution in [3.05, 3.63) is 35.4 Å². The van der Waals surface area contributed by atoms with Crippen LogP contribution in [0.15, 0.2) is 18.2 Å². The average Bonchev–Trinajstić information content (AvgIpc) is 3.02. The second-order valence-electron chi connectivity index (χ2n) is 4.66. The zero-order chi connectivity index (χ0) is 11.6. The van der Waals surface area contributed by atoms with E-state index < -0.39 is 11.6 Å². The molecule has 1 saturated carbocycles. The second-order valence-corrected chi connectivity index (χ2v) is 4.66. The SMILES string of the molecule is CCNCC1(Cc2c(F)cccc2F)CC1. The molecular formula is C13H17F2N. The highest BCUT2D eigenvalue weighted by Crippen LogP contribution is 2.48. The maximum atomic E-state index is 13.5. The van der Waals surface area contributed by atoms with Crippen LogP contribution in [-0.2, 0) is 6.42 Å². The molecule has 1 aliphatic rings. The highest BCUT2D eigenvalue weighted by molar-refractivity contribution is 5.23. The van der Waals surface area contributed by atoms with Gasteiger partial charge in [0.2, 0.25) is 0 Å². The van der Waals surface area contributed by atoms with E-state index in [0.29, 0.717) is 6.42 Å². The lowest BCUT2D eigenvalue weighted by molar-refractivity contribution is 0.438. The van der Waals surface area contributed by atoms with Crippen molar-refractivity contribution in [3.8, 4) is 0 Å². The Morgan fingerprint density at radius 1 is 1.25 bits per heavy atom. The molecule has 1 N–H and O–H groups in total. The van der Waals surface area contributed by atoms with Crippen molar-refractivity contribution in [2.75, 3.05) is 13.1 Å². The van der Waals surface area contributed by atoms with Crippen LogP contribution in [-0.4, -0.2) is 13.1 Å². The lowest BCUT2D eigenvalue weighted by Crippen LogP contribution is -2.25. The number of hydrogen-bond acceptors (Lipinski definition) is 1. The summed E-state index contributed by atoms with van der Waals surface area (Å²) in [6.45, 7) is 3.80. The van der Waals surface area contributed by atoms with Crippen molar-refractivity contribution in [3.63, 3.8) is 0 Å². The van der Waals surface area contributed by atoms with Gasteiger partial charge in [-0.2, -0.15) is 0 Å². The molecule has 1 nitrogen and oxygen atoms in total. The van der Waals surface area contributed by atoms with Crippen molar-refractivity contribution < 1.29 is 8.78 Å².